The smallest absolute Gasteiger partial charge is 0.230 e. The number of carbonyl (C=O) groups excluding carboxylic acids is 1. The Morgan fingerprint density at radius 1 is 0.889 bits per heavy atom. The molecule has 1 amide bonds. The number of benzene rings is 3. The lowest BCUT2D eigenvalue weighted by Crippen LogP contribution is -2.27. The molecule has 7 nitrogen and oxygen atoms in total. The van der Waals surface area contributed by atoms with E-state index in [9.17, 15) is 4.79 Å². The molecule has 4 rings (SSSR count). The fourth-order valence-corrected chi connectivity index (χ4v) is 5.18. The summed E-state index contributed by atoms with van der Waals surface area (Å²) in [7, 11) is 3.22. The fourth-order valence-electron chi connectivity index (χ4n) is 3.55. The van der Waals surface area contributed by atoms with E-state index in [-0.39, 0.29) is 11.7 Å². The Kier molecular flexibility index (Phi) is 9.29. The summed E-state index contributed by atoms with van der Waals surface area (Å²) in [4.78, 5) is 13.7. The van der Waals surface area contributed by atoms with E-state index in [1.807, 2.05) is 71.3 Å². The van der Waals surface area contributed by atoms with Gasteiger partial charge in [-0.05, 0) is 48.4 Å². The van der Waals surface area contributed by atoms with Crippen molar-refractivity contribution in [1.29, 1.82) is 0 Å². The summed E-state index contributed by atoms with van der Waals surface area (Å²) < 4.78 is 12.7. The molecule has 3 aromatic carbocycles. The van der Waals surface area contributed by atoms with Crippen molar-refractivity contribution < 1.29 is 14.3 Å². The van der Waals surface area contributed by atoms with Crippen LogP contribution in [0.1, 0.15) is 11.4 Å². The molecule has 0 aliphatic heterocycles. The maximum atomic E-state index is 12.6. The summed E-state index contributed by atoms with van der Waals surface area (Å²) in [5.74, 6) is 3.08. The van der Waals surface area contributed by atoms with Crippen molar-refractivity contribution >= 4 is 29.4 Å². The van der Waals surface area contributed by atoms with Crippen LogP contribution in [0.25, 0.3) is 5.69 Å². The van der Waals surface area contributed by atoms with Gasteiger partial charge in [0.25, 0.3) is 0 Å². The summed E-state index contributed by atoms with van der Waals surface area (Å²) in [6, 6.07) is 26.0. The Labute approximate surface area is 219 Å². The third-order valence-electron chi connectivity index (χ3n) is 5.34. The van der Waals surface area contributed by atoms with Gasteiger partial charge < -0.3 is 14.8 Å². The van der Waals surface area contributed by atoms with Gasteiger partial charge in [0.15, 0.2) is 16.7 Å². The van der Waals surface area contributed by atoms with Crippen molar-refractivity contribution in [3.05, 3.63) is 90.3 Å². The number of ether oxygens (including phenoxy) is 2. The Hall–Kier alpha value is -3.43. The predicted octanol–water partition coefficient (Wildman–Crippen LogP) is 5.03. The summed E-state index contributed by atoms with van der Waals surface area (Å²) in [5.41, 5.74) is 2.03. The number of hydrogen-bond donors (Lipinski definition) is 1. The number of hydrogen-bond acceptors (Lipinski definition) is 7. The molecule has 4 aromatic rings. The third-order valence-corrected chi connectivity index (χ3v) is 7.28. The molecule has 1 N–H and O–H groups in total. The van der Waals surface area contributed by atoms with Crippen molar-refractivity contribution in [1.82, 2.24) is 20.1 Å². The molecule has 0 saturated carbocycles. The standard InChI is InChI=1S/C27H28N4O3S2/c1-33-23-14-13-20(17-24(23)34-2)15-16-28-26(32)19-36-27-30-29-25(18-35-22-11-7-4-8-12-22)31(27)21-9-5-3-6-10-21/h3-14,17H,15-16,18-19H2,1-2H3,(H,28,32). The van der Waals surface area contributed by atoms with E-state index >= 15 is 0 Å². The second-order valence-corrected chi connectivity index (χ2v) is 9.74. The fraction of sp³-hybridized carbons (Fsp3) is 0.222. The number of rotatable bonds is 12. The lowest BCUT2D eigenvalue weighted by molar-refractivity contribution is -0.118. The van der Waals surface area contributed by atoms with Crippen LogP contribution in [0.15, 0.2) is 88.9 Å². The van der Waals surface area contributed by atoms with Gasteiger partial charge in [-0.3, -0.25) is 9.36 Å². The first kappa shape index (κ1) is 25.7. The highest BCUT2D eigenvalue weighted by atomic mass is 32.2. The average molecular weight is 521 g/mol. The molecule has 1 heterocycles. The molecule has 186 valence electrons. The van der Waals surface area contributed by atoms with Gasteiger partial charge in [-0.25, -0.2) is 0 Å². The van der Waals surface area contributed by atoms with Crippen molar-refractivity contribution in [3.8, 4) is 17.2 Å². The molecule has 0 saturated heterocycles. The van der Waals surface area contributed by atoms with Crippen LogP contribution in [-0.2, 0) is 17.0 Å². The first-order valence-corrected chi connectivity index (χ1v) is 13.4. The minimum absolute atomic E-state index is 0.0525. The van der Waals surface area contributed by atoms with E-state index < -0.39 is 0 Å². The van der Waals surface area contributed by atoms with Gasteiger partial charge in [0.05, 0.1) is 25.7 Å². The maximum Gasteiger partial charge on any atom is 0.230 e. The summed E-state index contributed by atoms with van der Waals surface area (Å²) in [5, 5.41) is 12.5. The molecule has 36 heavy (non-hydrogen) atoms. The number of carbonyl (C=O) groups is 1. The summed E-state index contributed by atoms with van der Waals surface area (Å²) >= 11 is 3.09. The lowest BCUT2D eigenvalue weighted by atomic mass is 10.1. The molecule has 0 fully saturated rings. The van der Waals surface area contributed by atoms with Gasteiger partial charge in [-0.2, -0.15) is 0 Å². The van der Waals surface area contributed by atoms with E-state index in [0.29, 0.717) is 35.4 Å². The SMILES string of the molecule is COc1ccc(CCNC(=O)CSc2nnc(CSc3ccccc3)n2-c2ccccc2)cc1OC. The molecular formula is C27H28N4O3S2. The van der Waals surface area contributed by atoms with Gasteiger partial charge in [-0.1, -0.05) is 54.2 Å². The van der Waals surface area contributed by atoms with E-state index in [2.05, 4.69) is 27.6 Å². The first-order valence-electron chi connectivity index (χ1n) is 11.5. The highest BCUT2D eigenvalue weighted by Crippen LogP contribution is 2.28. The van der Waals surface area contributed by atoms with E-state index in [1.165, 1.54) is 16.7 Å². The zero-order valence-electron chi connectivity index (χ0n) is 20.2. The van der Waals surface area contributed by atoms with Crippen LogP contribution >= 0.6 is 23.5 Å². The zero-order valence-corrected chi connectivity index (χ0v) is 21.8. The molecular weight excluding hydrogens is 492 g/mol. The molecule has 0 aliphatic carbocycles. The first-order chi connectivity index (χ1) is 17.7. The molecule has 9 heteroatoms. The highest BCUT2D eigenvalue weighted by molar-refractivity contribution is 7.99. The Bertz CT molecular complexity index is 1270. The van der Waals surface area contributed by atoms with Crippen LogP contribution in [0.5, 0.6) is 11.5 Å². The van der Waals surface area contributed by atoms with Crippen LogP contribution in [0.2, 0.25) is 0 Å². The number of methoxy groups -OCH3 is 2. The number of aromatic nitrogens is 3. The Morgan fingerprint density at radius 3 is 2.33 bits per heavy atom. The number of amides is 1. The topological polar surface area (TPSA) is 78.3 Å². The molecule has 0 spiro atoms. The Morgan fingerprint density at radius 2 is 1.61 bits per heavy atom. The van der Waals surface area contributed by atoms with Gasteiger partial charge in [0.2, 0.25) is 5.91 Å². The summed E-state index contributed by atoms with van der Waals surface area (Å²) in [6.07, 6.45) is 0.692. The molecule has 0 unspecified atom stereocenters. The molecule has 0 aliphatic rings. The number of nitrogens with one attached hydrogen (secondary N) is 1. The number of para-hydroxylation sites is 1. The van der Waals surface area contributed by atoms with Crippen molar-refractivity contribution in [2.75, 3.05) is 26.5 Å². The normalized spacial score (nSPS) is 10.7. The van der Waals surface area contributed by atoms with E-state index in [4.69, 9.17) is 9.47 Å². The minimum atomic E-state index is -0.0525. The van der Waals surface area contributed by atoms with Gasteiger partial charge in [0.1, 0.15) is 5.82 Å². The minimum Gasteiger partial charge on any atom is -0.493 e. The van der Waals surface area contributed by atoms with Crippen molar-refractivity contribution in [2.24, 2.45) is 0 Å². The van der Waals surface area contributed by atoms with Crippen LogP contribution in [0.3, 0.4) is 0 Å². The molecule has 1 aromatic heterocycles. The summed E-state index contributed by atoms with van der Waals surface area (Å²) in [6.45, 7) is 0.527. The Balaban J connectivity index is 1.36. The van der Waals surface area contributed by atoms with Crippen LogP contribution in [0.4, 0.5) is 0 Å². The van der Waals surface area contributed by atoms with Crippen molar-refractivity contribution in [2.45, 2.75) is 22.2 Å². The monoisotopic (exact) mass is 520 g/mol. The van der Waals surface area contributed by atoms with E-state index in [0.717, 1.165) is 17.1 Å². The number of nitrogens with zero attached hydrogens (tertiary/aromatic N) is 3. The van der Waals surface area contributed by atoms with Gasteiger partial charge >= 0.3 is 0 Å². The van der Waals surface area contributed by atoms with Crippen molar-refractivity contribution in [3.63, 3.8) is 0 Å². The second-order valence-electron chi connectivity index (χ2n) is 7.75. The van der Waals surface area contributed by atoms with Crippen LogP contribution in [-0.4, -0.2) is 47.2 Å². The predicted molar refractivity (Wildman–Crippen MR) is 144 cm³/mol. The van der Waals surface area contributed by atoms with Crippen LogP contribution < -0.4 is 14.8 Å². The van der Waals surface area contributed by atoms with Gasteiger partial charge in [0, 0.05) is 17.1 Å². The lowest BCUT2D eigenvalue weighted by Gasteiger charge is -2.11. The maximum absolute atomic E-state index is 12.6. The zero-order chi connectivity index (χ0) is 25.2. The third kappa shape index (κ3) is 6.83. The van der Waals surface area contributed by atoms with Crippen LogP contribution in [0, 0.1) is 0 Å². The van der Waals surface area contributed by atoms with Gasteiger partial charge in [-0.15, -0.1) is 22.0 Å². The highest BCUT2D eigenvalue weighted by Gasteiger charge is 2.16. The second kappa shape index (κ2) is 13.0. The quantitative estimate of drug-likeness (QED) is 0.263. The molecule has 0 atom stereocenters. The molecule has 0 bridgehead atoms. The average Bonchev–Trinajstić information content (AvgIpc) is 3.34. The largest absolute Gasteiger partial charge is 0.493 e. The van der Waals surface area contributed by atoms with E-state index in [1.54, 1.807) is 26.0 Å². The number of thioether (sulfide) groups is 2. The molecule has 0 radical (unpaired) electrons.